The molecule has 1 amide bonds. The smallest absolute Gasteiger partial charge is 0.254 e. The van der Waals surface area contributed by atoms with Crippen LogP contribution < -0.4 is 4.74 Å². The summed E-state index contributed by atoms with van der Waals surface area (Å²) >= 11 is 0. The second-order valence-electron chi connectivity index (χ2n) is 8.68. The average Bonchev–Trinajstić information content (AvgIpc) is 3.39. The average molecular weight is 465 g/mol. The van der Waals surface area contributed by atoms with Gasteiger partial charge in [0.05, 0.1) is 36.0 Å². The van der Waals surface area contributed by atoms with Crippen LogP contribution in [0.1, 0.15) is 40.7 Å². The van der Waals surface area contributed by atoms with Crippen molar-refractivity contribution in [3.05, 3.63) is 89.5 Å². The molecule has 1 unspecified atom stereocenters. The lowest BCUT2D eigenvalue weighted by molar-refractivity contribution is 0.0525. The Kier molecular flexibility index (Phi) is 7.77. The van der Waals surface area contributed by atoms with Crippen LogP contribution in [0.15, 0.2) is 72.8 Å². The molecule has 0 radical (unpaired) electrons. The third kappa shape index (κ3) is 5.87. The van der Waals surface area contributed by atoms with Crippen LogP contribution in [0.3, 0.4) is 0 Å². The van der Waals surface area contributed by atoms with Crippen molar-refractivity contribution in [2.24, 2.45) is 0 Å². The Morgan fingerprint density at radius 3 is 2.11 bits per heavy atom. The molecule has 0 saturated carbocycles. The first-order valence-electron chi connectivity index (χ1n) is 11.8. The summed E-state index contributed by atoms with van der Waals surface area (Å²) in [4.78, 5) is 17.1. The fourth-order valence-electron chi connectivity index (χ4n) is 4.47. The predicted molar refractivity (Wildman–Crippen MR) is 135 cm³/mol. The Hall–Kier alpha value is -4.13. The van der Waals surface area contributed by atoms with Gasteiger partial charge in [0, 0.05) is 25.7 Å². The Morgan fingerprint density at radius 2 is 1.51 bits per heavy atom. The number of ether oxygens (including phenoxy) is 1. The largest absolute Gasteiger partial charge is 0.494 e. The van der Waals surface area contributed by atoms with E-state index in [9.17, 15) is 4.79 Å². The summed E-state index contributed by atoms with van der Waals surface area (Å²) in [6.07, 6.45) is 2.96. The Bertz CT molecular complexity index is 1220. The highest BCUT2D eigenvalue weighted by atomic mass is 16.5. The molecule has 4 rings (SSSR count). The summed E-state index contributed by atoms with van der Waals surface area (Å²) in [5.74, 6) is 0.804. The summed E-state index contributed by atoms with van der Waals surface area (Å²) in [7, 11) is 1.86. The van der Waals surface area contributed by atoms with E-state index < -0.39 is 0 Å². The van der Waals surface area contributed by atoms with E-state index >= 15 is 0 Å². The van der Waals surface area contributed by atoms with E-state index in [4.69, 9.17) is 15.3 Å². The maximum atomic E-state index is 12.9. The standard InChI is InChI=1S/C29H28N4O2/c1-32(29(34)26-11-7-23(21-31)8-12-26)28-4-2-17-33(28)18-3-19-35-27-15-13-25(14-16-27)24-9-5-22(20-30)6-10-24/h5-16,28H,2-4,17-19H2,1H3. The van der Waals surface area contributed by atoms with E-state index in [0.717, 1.165) is 49.2 Å². The second kappa shape index (κ2) is 11.3. The van der Waals surface area contributed by atoms with Crippen LogP contribution >= 0.6 is 0 Å². The molecular weight excluding hydrogens is 436 g/mol. The molecule has 6 heteroatoms. The number of benzene rings is 3. The van der Waals surface area contributed by atoms with Gasteiger partial charge in [0.2, 0.25) is 0 Å². The number of rotatable bonds is 8. The SMILES string of the molecule is CN(C(=O)c1ccc(C#N)cc1)C1CCCN1CCCOc1ccc(-c2ccc(C#N)cc2)cc1. The van der Waals surface area contributed by atoms with Crippen molar-refractivity contribution in [3.8, 4) is 29.0 Å². The molecule has 1 aliphatic rings. The minimum absolute atomic E-state index is 0.0232. The highest BCUT2D eigenvalue weighted by molar-refractivity contribution is 5.94. The molecule has 1 heterocycles. The molecule has 3 aromatic rings. The van der Waals surface area contributed by atoms with Crippen molar-refractivity contribution in [2.45, 2.75) is 25.4 Å². The predicted octanol–water partition coefficient (Wildman–Crippen LogP) is 5.06. The molecule has 35 heavy (non-hydrogen) atoms. The zero-order valence-electron chi connectivity index (χ0n) is 19.9. The first-order valence-corrected chi connectivity index (χ1v) is 11.8. The van der Waals surface area contributed by atoms with Crippen LogP contribution in [0.2, 0.25) is 0 Å². The first-order chi connectivity index (χ1) is 17.1. The summed E-state index contributed by atoms with van der Waals surface area (Å²) in [5.41, 5.74) is 3.95. The van der Waals surface area contributed by atoms with Crippen LogP contribution in [0, 0.1) is 22.7 Å². The number of carbonyl (C=O) groups is 1. The van der Waals surface area contributed by atoms with Gasteiger partial charge in [-0.3, -0.25) is 9.69 Å². The minimum atomic E-state index is -0.0232. The van der Waals surface area contributed by atoms with Gasteiger partial charge in [0.1, 0.15) is 5.75 Å². The molecule has 3 aromatic carbocycles. The van der Waals surface area contributed by atoms with E-state index in [0.29, 0.717) is 23.3 Å². The monoisotopic (exact) mass is 464 g/mol. The first kappa shape index (κ1) is 24.0. The molecule has 1 atom stereocenters. The van der Waals surface area contributed by atoms with Gasteiger partial charge in [0.15, 0.2) is 0 Å². The molecule has 6 nitrogen and oxygen atoms in total. The zero-order chi connectivity index (χ0) is 24.6. The molecule has 0 bridgehead atoms. The lowest BCUT2D eigenvalue weighted by Crippen LogP contribution is -2.46. The molecule has 1 saturated heterocycles. The summed E-state index contributed by atoms with van der Waals surface area (Å²) < 4.78 is 5.95. The third-order valence-corrected chi connectivity index (χ3v) is 6.42. The molecule has 176 valence electrons. The number of hydrogen-bond donors (Lipinski definition) is 0. The van der Waals surface area contributed by atoms with Crippen molar-refractivity contribution in [1.29, 1.82) is 10.5 Å². The number of hydrogen-bond acceptors (Lipinski definition) is 5. The molecular formula is C29H28N4O2. The van der Waals surface area contributed by atoms with E-state index in [-0.39, 0.29) is 12.1 Å². The number of nitriles is 2. The molecule has 1 fully saturated rings. The lowest BCUT2D eigenvalue weighted by atomic mass is 10.0. The van der Waals surface area contributed by atoms with Gasteiger partial charge in [-0.15, -0.1) is 0 Å². The van der Waals surface area contributed by atoms with Gasteiger partial charge in [-0.25, -0.2) is 0 Å². The number of likely N-dealkylation sites (tertiary alicyclic amines) is 1. The maximum absolute atomic E-state index is 12.9. The fraction of sp³-hybridized carbons (Fsp3) is 0.276. The topological polar surface area (TPSA) is 80.4 Å². The van der Waals surface area contributed by atoms with Gasteiger partial charge in [-0.05, 0) is 78.9 Å². The molecule has 1 aliphatic heterocycles. The molecule has 0 aliphatic carbocycles. The van der Waals surface area contributed by atoms with Crippen molar-refractivity contribution >= 4 is 5.91 Å². The van der Waals surface area contributed by atoms with Crippen LogP contribution in [0.4, 0.5) is 0 Å². The van der Waals surface area contributed by atoms with Crippen molar-refractivity contribution in [1.82, 2.24) is 9.80 Å². The summed E-state index contributed by atoms with van der Waals surface area (Å²) in [6, 6.07) is 26.5. The van der Waals surface area contributed by atoms with E-state index in [1.807, 2.05) is 60.5 Å². The zero-order valence-corrected chi connectivity index (χ0v) is 19.9. The lowest BCUT2D eigenvalue weighted by Gasteiger charge is -2.32. The van der Waals surface area contributed by atoms with Crippen molar-refractivity contribution < 1.29 is 9.53 Å². The fourth-order valence-corrected chi connectivity index (χ4v) is 4.47. The van der Waals surface area contributed by atoms with Gasteiger partial charge in [0.25, 0.3) is 5.91 Å². The van der Waals surface area contributed by atoms with E-state index in [1.54, 1.807) is 24.3 Å². The second-order valence-corrected chi connectivity index (χ2v) is 8.68. The van der Waals surface area contributed by atoms with Gasteiger partial charge in [-0.2, -0.15) is 10.5 Å². The van der Waals surface area contributed by atoms with Crippen LogP contribution in [0.25, 0.3) is 11.1 Å². The number of nitrogens with zero attached hydrogens (tertiary/aromatic N) is 4. The highest BCUT2D eigenvalue weighted by Gasteiger charge is 2.30. The third-order valence-electron chi connectivity index (χ3n) is 6.42. The van der Waals surface area contributed by atoms with Crippen LogP contribution in [-0.4, -0.2) is 48.6 Å². The Morgan fingerprint density at radius 1 is 0.943 bits per heavy atom. The normalized spacial score (nSPS) is 15.2. The Labute approximate surface area is 206 Å². The van der Waals surface area contributed by atoms with Gasteiger partial charge < -0.3 is 9.64 Å². The van der Waals surface area contributed by atoms with Gasteiger partial charge in [-0.1, -0.05) is 24.3 Å². The number of amides is 1. The number of carbonyl (C=O) groups excluding carboxylic acids is 1. The van der Waals surface area contributed by atoms with Crippen molar-refractivity contribution in [2.75, 3.05) is 26.7 Å². The molecule has 0 aromatic heterocycles. The van der Waals surface area contributed by atoms with E-state index in [1.165, 1.54) is 0 Å². The summed E-state index contributed by atoms with van der Waals surface area (Å²) in [5, 5.41) is 17.9. The maximum Gasteiger partial charge on any atom is 0.254 e. The van der Waals surface area contributed by atoms with Gasteiger partial charge >= 0.3 is 0 Å². The highest BCUT2D eigenvalue weighted by Crippen LogP contribution is 2.24. The van der Waals surface area contributed by atoms with E-state index in [2.05, 4.69) is 17.0 Å². The quantitative estimate of drug-likeness (QED) is 0.435. The van der Waals surface area contributed by atoms with Crippen LogP contribution in [-0.2, 0) is 0 Å². The van der Waals surface area contributed by atoms with Crippen LogP contribution in [0.5, 0.6) is 5.75 Å². The minimum Gasteiger partial charge on any atom is -0.494 e. The summed E-state index contributed by atoms with van der Waals surface area (Å²) in [6.45, 7) is 2.43. The molecule has 0 N–H and O–H groups in total. The molecule has 0 spiro atoms. The Balaban J connectivity index is 1.25. The van der Waals surface area contributed by atoms with Crippen molar-refractivity contribution in [3.63, 3.8) is 0 Å².